The molecule has 2 saturated heterocycles. The fourth-order valence-electron chi connectivity index (χ4n) is 2.72. The molecule has 0 aliphatic carbocycles. The molecule has 0 aromatic carbocycles. The van der Waals surface area contributed by atoms with E-state index in [1.54, 1.807) is 4.90 Å². The van der Waals surface area contributed by atoms with Crippen molar-refractivity contribution in [1.82, 2.24) is 20.4 Å². The minimum atomic E-state index is -0.353. The van der Waals surface area contributed by atoms with Crippen LogP contribution in [0.2, 0.25) is 0 Å². The first-order chi connectivity index (χ1) is 9.95. The summed E-state index contributed by atoms with van der Waals surface area (Å²) in [4.78, 5) is 38.9. The van der Waals surface area contributed by atoms with E-state index in [9.17, 15) is 14.4 Å². The SMILES string of the molecule is CC(C)NC(=O)CN1CCN(C(=O)C2CCC(=O)N2)CC1. The first-order valence-corrected chi connectivity index (χ1v) is 7.55. The Balaban J connectivity index is 1.74. The second kappa shape index (κ2) is 6.89. The predicted molar refractivity (Wildman–Crippen MR) is 77.5 cm³/mol. The van der Waals surface area contributed by atoms with Gasteiger partial charge >= 0.3 is 0 Å². The molecule has 0 radical (unpaired) electrons. The molecule has 0 spiro atoms. The lowest BCUT2D eigenvalue weighted by Gasteiger charge is -2.35. The number of carbonyl (C=O) groups excluding carboxylic acids is 3. The average Bonchev–Trinajstić information content (AvgIpc) is 2.84. The standard InChI is InChI=1S/C14H24N4O3/c1-10(2)15-13(20)9-17-5-7-18(8-6-17)14(21)11-3-4-12(19)16-11/h10-11H,3-9H2,1-2H3,(H,15,20)(H,16,19). The van der Waals surface area contributed by atoms with Crippen LogP contribution in [0.1, 0.15) is 26.7 Å². The van der Waals surface area contributed by atoms with Gasteiger partial charge in [0, 0.05) is 38.6 Å². The molecule has 7 heteroatoms. The van der Waals surface area contributed by atoms with Crippen molar-refractivity contribution >= 4 is 17.7 Å². The maximum atomic E-state index is 12.2. The summed E-state index contributed by atoms with van der Waals surface area (Å²) < 4.78 is 0. The Hall–Kier alpha value is -1.63. The molecule has 0 bridgehead atoms. The normalized spacial score (nSPS) is 23.3. The zero-order chi connectivity index (χ0) is 15.4. The van der Waals surface area contributed by atoms with Crippen molar-refractivity contribution in [2.24, 2.45) is 0 Å². The van der Waals surface area contributed by atoms with Gasteiger partial charge in [0.1, 0.15) is 6.04 Å². The molecule has 2 rings (SSSR count). The molecule has 118 valence electrons. The van der Waals surface area contributed by atoms with Crippen molar-refractivity contribution in [2.45, 2.75) is 38.8 Å². The second-order valence-corrected chi connectivity index (χ2v) is 5.98. The van der Waals surface area contributed by atoms with Crippen molar-refractivity contribution in [3.05, 3.63) is 0 Å². The Bertz CT molecular complexity index is 416. The first kappa shape index (κ1) is 15.8. The van der Waals surface area contributed by atoms with Crippen LogP contribution in [0.15, 0.2) is 0 Å². The van der Waals surface area contributed by atoms with Crippen LogP contribution in [-0.4, -0.2) is 72.3 Å². The Morgan fingerprint density at radius 1 is 1.29 bits per heavy atom. The van der Waals surface area contributed by atoms with Gasteiger partial charge in [-0.15, -0.1) is 0 Å². The summed E-state index contributed by atoms with van der Waals surface area (Å²) in [7, 11) is 0. The average molecular weight is 296 g/mol. The summed E-state index contributed by atoms with van der Waals surface area (Å²) in [5.74, 6) is -0.0164. The molecule has 2 aliphatic rings. The van der Waals surface area contributed by atoms with Crippen LogP contribution in [0.3, 0.4) is 0 Å². The van der Waals surface area contributed by atoms with Crippen molar-refractivity contribution in [3.8, 4) is 0 Å². The van der Waals surface area contributed by atoms with E-state index in [4.69, 9.17) is 0 Å². The number of piperazine rings is 1. The van der Waals surface area contributed by atoms with Gasteiger partial charge in [-0.25, -0.2) is 0 Å². The monoisotopic (exact) mass is 296 g/mol. The molecule has 3 amide bonds. The van der Waals surface area contributed by atoms with Crippen LogP contribution in [-0.2, 0) is 14.4 Å². The van der Waals surface area contributed by atoms with Gasteiger partial charge in [-0.3, -0.25) is 19.3 Å². The van der Waals surface area contributed by atoms with Gasteiger partial charge in [0.2, 0.25) is 17.7 Å². The van der Waals surface area contributed by atoms with E-state index in [0.29, 0.717) is 45.6 Å². The summed E-state index contributed by atoms with van der Waals surface area (Å²) in [5, 5.41) is 5.57. The van der Waals surface area contributed by atoms with E-state index in [1.807, 2.05) is 13.8 Å². The molecule has 1 atom stereocenters. The maximum Gasteiger partial charge on any atom is 0.245 e. The van der Waals surface area contributed by atoms with Crippen molar-refractivity contribution in [2.75, 3.05) is 32.7 Å². The molecule has 1 unspecified atom stereocenters. The maximum absolute atomic E-state index is 12.2. The van der Waals surface area contributed by atoms with Gasteiger partial charge in [-0.1, -0.05) is 0 Å². The fourth-order valence-corrected chi connectivity index (χ4v) is 2.72. The number of rotatable bonds is 4. The Labute approximate surface area is 125 Å². The van der Waals surface area contributed by atoms with Crippen LogP contribution in [0.5, 0.6) is 0 Å². The number of hydrogen-bond acceptors (Lipinski definition) is 4. The topological polar surface area (TPSA) is 81.8 Å². The van der Waals surface area contributed by atoms with Crippen LogP contribution < -0.4 is 10.6 Å². The molecule has 7 nitrogen and oxygen atoms in total. The smallest absolute Gasteiger partial charge is 0.245 e. The van der Waals surface area contributed by atoms with Gasteiger partial charge in [0.25, 0.3) is 0 Å². The highest BCUT2D eigenvalue weighted by Gasteiger charge is 2.32. The summed E-state index contributed by atoms with van der Waals surface area (Å²) >= 11 is 0. The van der Waals surface area contributed by atoms with E-state index in [2.05, 4.69) is 15.5 Å². The highest BCUT2D eigenvalue weighted by molar-refractivity contribution is 5.90. The van der Waals surface area contributed by atoms with Crippen molar-refractivity contribution in [1.29, 1.82) is 0 Å². The summed E-state index contributed by atoms with van der Waals surface area (Å²) in [5.41, 5.74) is 0. The minimum Gasteiger partial charge on any atom is -0.353 e. The predicted octanol–water partition coefficient (Wildman–Crippen LogP) is -1.07. The molecule has 2 aliphatic heterocycles. The molecular formula is C14H24N4O3. The lowest BCUT2D eigenvalue weighted by atomic mass is 10.2. The number of hydrogen-bond donors (Lipinski definition) is 2. The van der Waals surface area contributed by atoms with Crippen molar-refractivity contribution < 1.29 is 14.4 Å². The third-order valence-corrected chi connectivity index (χ3v) is 3.79. The molecule has 2 N–H and O–H groups in total. The third-order valence-electron chi connectivity index (χ3n) is 3.79. The van der Waals surface area contributed by atoms with E-state index in [1.165, 1.54) is 0 Å². The summed E-state index contributed by atoms with van der Waals surface area (Å²) in [6.45, 7) is 6.85. The molecular weight excluding hydrogens is 272 g/mol. The van der Waals surface area contributed by atoms with Gasteiger partial charge in [-0.2, -0.15) is 0 Å². The molecule has 21 heavy (non-hydrogen) atoms. The molecule has 2 heterocycles. The highest BCUT2D eigenvalue weighted by Crippen LogP contribution is 2.11. The molecule has 0 saturated carbocycles. The van der Waals surface area contributed by atoms with E-state index in [0.717, 1.165) is 0 Å². The number of nitrogens with one attached hydrogen (secondary N) is 2. The Kier molecular flexibility index (Phi) is 5.17. The Morgan fingerprint density at radius 2 is 1.95 bits per heavy atom. The summed E-state index contributed by atoms with van der Waals surface area (Å²) in [6, 6.07) is -0.209. The quantitative estimate of drug-likeness (QED) is 0.692. The summed E-state index contributed by atoms with van der Waals surface area (Å²) in [6.07, 6.45) is 1.03. The van der Waals surface area contributed by atoms with Crippen molar-refractivity contribution in [3.63, 3.8) is 0 Å². The third kappa shape index (κ3) is 4.42. The van der Waals surface area contributed by atoms with Gasteiger partial charge < -0.3 is 15.5 Å². The zero-order valence-electron chi connectivity index (χ0n) is 12.7. The molecule has 0 aromatic heterocycles. The van der Waals surface area contributed by atoms with Gasteiger partial charge in [-0.05, 0) is 20.3 Å². The van der Waals surface area contributed by atoms with Gasteiger partial charge in [0.15, 0.2) is 0 Å². The number of carbonyl (C=O) groups is 3. The largest absolute Gasteiger partial charge is 0.353 e. The zero-order valence-corrected chi connectivity index (χ0v) is 12.7. The lowest BCUT2D eigenvalue weighted by molar-refractivity contribution is -0.136. The molecule has 2 fully saturated rings. The number of nitrogens with zero attached hydrogens (tertiary/aromatic N) is 2. The lowest BCUT2D eigenvalue weighted by Crippen LogP contribution is -2.54. The van der Waals surface area contributed by atoms with Crippen LogP contribution >= 0.6 is 0 Å². The minimum absolute atomic E-state index is 0.00660. The van der Waals surface area contributed by atoms with Crippen LogP contribution in [0.4, 0.5) is 0 Å². The van der Waals surface area contributed by atoms with E-state index >= 15 is 0 Å². The first-order valence-electron chi connectivity index (χ1n) is 7.55. The molecule has 0 aromatic rings. The second-order valence-electron chi connectivity index (χ2n) is 5.98. The van der Waals surface area contributed by atoms with Gasteiger partial charge in [0.05, 0.1) is 6.54 Å². The van der Waals surface area contributed by atoms with E-state index in [-0.39, 0.29) is 29.8 Å². The van der Waals surface area contributed by atoms with E-state index < -0.39 is 0 Å². The Morgan fingerprint density at radius 3 is 2.48 bits per heavy atom. The highest BCUT2D eigenvalue weighted by atomic mass is 16.2. The van der Waals surface area contributed by atoms with Crippen LogP contribution in [0.25, 0.3) is 0 Å². The number of amides is 3. The van der Waals surface area contributed by atoms with Crippen LogP contribution in [0, 0.1) is 0 Å². The fraction of sp³-hybridized carbons (Fsp3) is 0.786.